The highest BCUT2D eigenvalue weighted by molar-refractivity contribution is 8.14. The number of aliphatic hydroxyl groups is 2. The molecule has 87 heavy (non-hydrogen) atoms. The minimum atomic E-state index is -4.33. The second kappa shape index (κ2) is 31.8. The molecule has 0 spiro atoms. The average molecular weight is 1390 g/mol. The largest absolute Gasteiger partial charge is 0.474 e. The highest BCUT2D eigenvalue weighted by atomic mass is 35.5. The molecule has 0 aromatic carbocycles. The Morgan fingerprint density at radius 2 is 0.862 bits per heavy atom. The quantitative estimate of drug-likeness (QED) is 0.0571. The van der Waals surface area contributed by atoms with Crippen molar-refractivity contribution in [3.8, 4) is 0 Å². The first-order valence-electron chi connectivity index (χ1n) is 26.9. The number of aromatic nitrogens is 4. The third kappa shape index (κ3) is 22.9. The van der Waals surface area contributed by atoms with Crippen LogP contribution in [0.25, 0.3) is 0 Å². The van der Waals surface area contributed by atoms with Crippen molar-refractivity contribution < 1.29 is 94.2 Å². The summed E-state index contributed by atoms with van der Waals surface area (Å²) in [5.41, 5.74) is 4.99. The number of halogens is 2. The molecule has 8 atom stereocenters. The van der Waals surface area contributed by atoms with Gasteiger partial charge >= 0.3 is 15.6 Å². The Morgan fingerprint density at radius 3 is 1.20 bits per heavy atom. The summed E-state index contributed by atoms with van der Waals surface area (Å²) in [5.74, 6) is -2.67. The third-order valence-corrected chi connectivity index (χ3v) is 20.1. The number of aliphatic hydroxyl groups excluding tert-OH is 2. The van der Waals surface area contributed by atoms with E-state index in [1.807, 2.05) is 0 Å². The van der Waals surface area contributed by atoms with Gasteiger partial charge in [0.15, 0.2) is 50.1 Å². The molecule has 3 aliphatic heterocycles. The van der Waals surface area contributed by atoms with Gasteiger partial charge in [-0.2, -0.15) is 0 Å². The Morgan fingerprint density at radius 1 is 0.552 bits per heavy atom. The summed E-state index contributed by atoms with van der Waals surface area (Å²) in [7, 11) is -8.59. The summed E-state index contributed by atoms with van der Waals surface area (Å²) in [5, 5.41) is 20.3. The number of hydrogen-bond acceptors (Lipinski definition) is 28. The average Bonchev–Trinajstić information content (AvgIpc) is 1.66. The van der Waals surface area contributed by atoms with Gasteiger partial charge in [0.05, 0.1) is 39.6 Å². The number of nitrogens with zero attached hydrogens (tertiary/aromatic N) is 4. The first-order valence-corrected chi connectivity index (χ1v) is 34.5. The van der Waals surface area contributed by atoms with Crippen LogP contribution in [0.5, 0.6) is 0 Å². The minimum Gasteiger partial charge on any atom is -0.387 e. The fourth-order valence-corrected chi connectivity index (χ4v) is 13.7. The second-order valence-electron chi connectivity index (χ2n) is 24.0. The van der Waals surface area contributed by atoms with Crippen molar-refractivity contribution in [1.82, 2.24) is 19.1 Å². The van der Waals surface area contributed by atoms with E-state index in [2.05, 4.69) is 9.97 Å². The van der Waals surface area contributed by atoms with Crippen LogP contribution in [0.1, 0.15) is 130 Å². The maximum absolute atomic E-state index is 13.7. The molecule has 3 fully saturated rings. The van der Waals surface area contributed by atoms with Crippen LogP contribution in [0, 0.1) is 21.7 Å². The minimum absolute atomic E-state index is 0.0664. The van der Waals surface area contributed by atoms with Gasteiger partial charge in [-0.1, -0.05) is 153 Å². The first-order chi connectivity index (χ1) is 39.9. The van der Waals surface area contributed by atoms with Crippen molar-refractivity contribution in [3.05, 3.63) is 54.8 Å². The van der Waals surface area contributed by atoms with Crippen molar-refractivity contribution in [2.75, 3.05) is 62.7 Å². The van der Waals surface area contributed by atoms with Gasteiger partial charge in [-0.15, -0.1) is 0 Å². The number of nitrogens with two attached hydrogens (primary N) is 2. The SMILES string of the molecule is CC(C)(C)C(=O)SCCOP(=O)(OCCSC(=O)C(C)(C)C)OC[C@H]1O[C@@H](n2cc(Cl)nc(C(N)=O)c2=O)[C@H](O)[C@@H]1O.CC1(C)O[C@@H]2[C@H](O1)[C@@H](COP(=O)(OCCSC(=O)C(C)(C)C)OCCSC(=O)C(C)(C)C)O[C@H]2n1cc(Cl)nc(C(N)=O)c1=O. The van der Waals surface area contributed by atoms with Gasteiger partial charge in [-0.05, 0) is 13.8 Å². The topological polar surface area (TPSA) is 391 Å². The van der Waals surface area contributed by atoms with E-state index in [9.17, 15) is 57.7 Å². The molecule has 6 N–H and O–H groups in total. The lowest BCUT2D eigenvalue weighted by Crippen LogP contribution is -2.38. The zero-order chi connectivity index (χ0) is 66.0. The number of carbonyl (C=O) groups is 6. The molecule has 2 aromatic heterocycles. The maximum atomic E-state index is 13.7. The molecular weight excluding hydrogens is 1310 g/mol. The van der Waals surface area contributed by atoms with Crippen LogP contribution >= 0.6 is 85.9 Å². The van der Waals surface area contributed by atoms with Gasteiger partial charge in [0, 0.05) is 57.1 Å². The van der Waals surface area contributed by atoms with Gasteiger partial charge in [0.1, 0.15) is 46.9 Å². The second-order valence-corrected chi connectivity index (χ2v) is 32.4. The molecule has 2 amide bonds. The van der Waals surface area contributed by atoms with Gasteiger partial charge in [0.25, 0.3) is 22.9 Å². The Bertz CT molecular complexity index is 2950. The number of rotatable bonds is 26. The lowest BCUT2D eigenvalue weighted by molar-refractivity contribution is -0.200. The maximum Gasteiger partial charge on any atom is 0.474 e. The molecule has 0 saturated carbocycles. The molecule has 0 unspecified atom stereocenters. The summed E-state index contributed by atoms with van der Waals surface area (Å²) in [6.45, 7) is 23.0. The van der Waals surface area contributed by atoms with E-state index in [-0.39, 0.29) is 86.8 Å². The summed E-state index contributed by atoms with van der Waals surface area (Å²) < 4.78 is 85.7. The summed E-state index contributed by atoms with van der Waals surface area (Å²) in [6, 6.07) is 0. The van der Waals surface area contributed by atoms with Crippen molar-refractivity contribution in [1.29, 1.82) is 0 Å². The fraction of sp³-hybridized carbons (Fsp3) is 0.725. The molecule has 2 aromatic rings. The molecule has 28 nitrogen and oxygen atoms in total. The van der Waals surface area contributed by atoms with Crippen LogP contribution in [0.2, 0.25) is 10.3 Å². The van der Waals surface area contributed by atoms with Crippen LogP contribution in [0.4, 0.5) is 0 Å². The molecule has 492 valence electrons. The molecule has 0 bridgehead atoms. The Labute approximate surface area is 530 Å². The molecule has 36 heteroatoms. The standard InChI is InChI=1S/C27H41ClN3O11PS2.C24H37ClN3O11PS2/c1-25(2,3)23(34)44-11-9-37-43(36,38-10-12-45-24(35)26(4,5)6)39-14-15-18-19(42-27(7,8)41-18)22(40-15)31-13-16(28)30-17(20(29)32)21(31)33;1-23(2,3)21(33)41-9-7-36-40(35,37-8-10-42-22(34)24(4,5)6)38-12-13-16(29)17(30)20(39-13)28-11-14(25)27-15(18(26)31)19(28)32/h13,15,18-19,22H,9-12,14H2,1-8H3,(H2,29,32);11,13,16-17,20,29-30H,7-10,12H2,1-6H3,(H2,26,31)/t15-,18-,19-,22-;13-,16-,17-,20-/m11/s1. The zero-order valence-electron chi connectivity index (χ0n) is 50.6. The van der Waals surface area contributed by atoms with Crippen molar-refractivity contribution >= 4 is 118 Å². The number of ether oxygens (including phenoxy) is 4. The lowest BCUT2D eigenvalue weighted by atomic mass is 9.99. The van der Waals surface area contributed by atoms with Crippen LogP contribution in [0.3, 0.4) is 0 Å². The van der Waals surface area contributed by atoms with Crippen LogP contribution < -0.4 is 22.6 Å². The van der Waals surface area contributed by atoms with Gasteiger partial charge in [0.2, 0.25) is 0 Å². The van der Waals surface area contributed by atoms with E-state index in [0.29, 0.717) is 0 Å². The van der Waals surface area contributed by atoms with Crippen LogP contribution in [-0.2, 0) is 74.4 Å². The van der Waals surface area contributed by atoms with E-state index in [1.54, 1.807) is 96.9 Å². The predicted octanol–water partition coefficient (Wildman–Crippen LogP) is 6.57. The van der Waals surface area contributed by atoms with Gasteiger partial charge in [-0.3, -0.25) is 74.6 Å². The first kappa shape index (κ1) is 76.8. The Balaban J connectivity index is 0.000000373. The summed E-state index contributed by atoms with van der Waals surface area (Å²) in [4.78, 5) is 105. The Hall–Kier alpha value is -2.66. The van der Waals surface area contributed by atoms with Crippen molar-refractivity contribution in [2.45, 2.75) is 152 Å². The number of primary amides is 2. The van der Waals surface area contributed by atoms with E-state index >= 15 is 0 Å². The van der Waals surface area contributed by atoms with E-state index in [4.69, 9.17) is 80.8 Å². The summed E-state index contributed by atoms with van der Waals surface area (Å²) in [6.07, 6.45) is -7.80. The fourth-order valence-electron chi connectivity index (χ4n) is 7.32. The van der Waals surface area contributed by atoms with Crippen molar-refractivity contribution in [2.24, 2.45) is 33.1 Å². The van der Waals surface area contributed by atoms with Gasteiger partial charge in [-0.25, -0.2) is 19.1 Å². The Kier molecular flexibility index (Phi) is 28.1. The smallest absolute Gasteiger partial charge is 0.387 e. The van der Waals surface area contributed by atoms with Crippen molar-refractivity contribution in [3.63, 3.8) is 0 Å². The molecule has 0 aliphatic carbocycles. The number of amides is 2. The van der Waals surface area contributed by atoms with E-state index in [1.165, 1.54) is 6.20 Å². The normalized spacial score (nSPS) is 22.4. The molecule has 5 heterocycles. The number of phosphoric acid groups is 2. The molecule has 3 aliphatic rings. The highest BCUT2D eigenvalue weighted by Gasteiger charge is 2.57. The lowest BCUT2D eigenvalue weighted by Gasteiger charge is -2.26. The highest BCUT2D eigenvalue weighted by Crippen LogP contribution is 2.53. The molecule has 3 saturated heterocycles. The predicted molar refractivity (Wildman–Crippen MR) is 326 cm³/mol. The number of hydrogen-bond donors (Lipinski definition) is 4. The van der Waals surface area contributed by atoms with E-state index in [0.717, 1.165) is 62.4 Å². The monoisotopic (exact) mass is 1390 g/mol. The number of phosphoric ester groups is 2. The number of carbonyl (C=O) groups excluding carboxylic acids is 6. The summed E-state index contributed by atoms with van der Waals surface area (Å²) >= 11 is 16.0. The molecule has 5 rings (SSSR count). The molecule has 0 radical (unpaired) electrons. The van der Waals surface area contributed by atoms with Gasteiger partial charge < -0.3 is 40.6 Å². The number of fused-ring (bicyclic) bond motifs is 1. The van der Waals surface area contributed by atoms with Crippen LogP contribution in [0.15, 0.2) is 22.0 Å². The molecular formula is C51H78Cl2N6O22P2S4. The zero-order valence-corrected chi connectivity index (χ0v) is 57.2. The third-order valence-electron chi connectivity index (χ3n) is 11.8. The number of thioether (sulfide) groups is 4. The van der Waals surface area contributed by atoms with E-state index < -0.39 is 133 Å². The van der Waals surface area contributed by atoms with Crippen LogP contribution in [-0.4, -0.2) is 167 Å².